The second kappa shape index (κ2) is 5.13. The molecule has 3 rings (SSSR count). The van der Waals surface area contributed by atoms with Crippen molar-refractivity contribution >= 4 is 39.2 Å². The van der Waals surface area contributed by atoms with Gasteiger partial charge in [0.05, 0.1) is 7.11 Å². The van der Waals surface area contributed by atoms with Gasteiger partial charge in [-0.3, -0.25) is 4.79 Å². The highest BCUT2D eigenvalue weighted by Gasteiger charge is 2.24. The van der Waals surface area contributed by atoms with Crippen LogP contribution in [0.5, 0.6) is 5.75 Å². The van der Waals surface area contributed by atoms with Crippen molar-refractivity contribution in [3.8, 4) is 5.75 Å². The fourth-order valence-corrected chi connectivity index (χ4v) is 2.58. The van der Waals surface area contributed by atoms with E-state index in [-0.39, 0.29) is 5.91 Å². The fraction of sp³-hybridized carbons (Fsp3) is 0.0625. The van der Waals surface area contributed by atoms with Gasteiger partial charge in [-0.25, -0.2) is 0 Å². The summed E-state index contributed by atoms with van der Waals surface area (Å²) in [5.74, 6) is 0.641. The second-order valence-corrected chi connectivity index (χ2v) is 5.30. The summed E-state index contributed by atoms with van der Waals surface area (Å²) in [6.45, 7) is 0. The summed E-state index contributed by atoms with van der Waals surface area (Å²) in [6.07, 6.45) is 1.88. The number of hydrogen-bond acceptors (Lipinski definition) is 2. The molecule has 0 saturated carbocycles. The molecule has 1 aliphatic rings. The molecule has 1 aliphatic heterocycles. The Morgan fingerprint density at radius 3 is 2.75 bits per heavy atom. The third-order valence-corrected chi connectivity index (χ3v) is 3.94. The van der Waals surface area contributed by atoms with E-state index in [9.17, 15) is 4.79 Å². The Balaban J connectivity index is 2.12. The fourth-order valence-electron chi connectivity index (χ4n) is 2.19. The lowest BCUT2D eigenvalue weighted by Crippen LogP contribution is -2.03. The zero-order valence-electron chi connectivity index (χ0n) is 10.8. The highest BCUT2D eigenvalue weighted by molar-refractivity contribution is 9.10. The molecule has 1 N–H and O–H groups in total. The maximum atomic E-state index is 12.1. The Bertz CT molecular complexity index is 722. The molecule has 0 aliphatic carbocycles. The Labute approximate surface area is 125 Å². The van der Waals surface area contributed by atoms with Gasteiger partial charge in [-0.15, -0.1) is 0 Å². The molecule has 0 saturated heterocycles. The summed E-state index contributed by atoms with van der Waals surface area (Å²) in [5, 5.41) is 2.86. The first-order valence-electron chi connectivity index (χ1n) is 6.15. The number of ether oxygens (including phenoxy) is 1. The number of anilines is 1. The van der Waals surface area contributed by atoms with Gasteiger partial charge in [-0.2, -0.15) is 0 Å². The van der Waals surface area contributed by atoms with Gasteiger partial charge in [-0.05, 0) is 35.9 Å². The maximum absolute atomic E-state index is 12.1. The smallest absolute Gasteiger partial charge is 0.256 e. The molecule has 0 unspecified atom stereocenters. The second-order valence-electron chi connectivity index (χ2n) is 4.45. The molecule has 0 fully saturated rings. The van der Waals surface area contributed by atoms with E-state index in [4.69, 9.17) is 4.74 Å². The van der Waals surface area contributed by atoms with Crippen molar-refractivity contribution in [1.82, 2.24) is 0 Å². The monoisotopic (exact) mass is 329 g/mol. The minimum absolute atomic E-state index is 0.0935. The van der Waals surface area contributed by atoms with Crippen LogP contribution in [0.15, 0.2) is 46.9 Å². The van der Waals surface area contributed by atoms with E-state index in [1.54, 1.807) is 7.11 Å². The summed E-state index contributed by atoms with van der Waals surface area (Å²) in [4.78, 5) is 12.1. The molecular formula is C16H12BrNO2. The normalized spacial score (nSPS) is 15.1. The lowest BCUT2D eigenvalue weighted by Gasteiger charge is -2.03. The number of nitrogens with one attached hydrogen (secondary N) is 1. The molecule has 2 aromatic rings. The van der Waals surface area contributed by atoms with E-state index in [1.807, 2.05) is 48.5 Å². The Hall–Kier alpha value is -2.07. The molecule has 0 radical (unpaired) electrons. The molecule has 1 heterocycles. The highest BCUT2D eigenvalue weighted by atomic mass is 79.9. The number of methoxy groups -OCH3 is 1. The predicted molar refractivity (Wildman–Crippen MR) is 83.6 cm³/mol. The number of carbonyl (C=O) groups excluding carboxylic acids is 1. The molecule has 4 heteroatoms. The lowest BCUT2D eigenvalue weighted by atomic mass is 10.0. The summed E-state index contributed by atoms with van der Waals surface area (Å²) in [7, 11) is 1.61. The maximum Gasteiger partial charge on any atom is 0.256 e. The number of amides is 1. The van der Waals surface area contributed by atoms with Crippen LogP contribution < -0.4 is 10.1 Å². The minimum Gasteiger partial charge on any atom is -0.497 e. The van der Waals surface area contributed by atoms with Crippen molar-refractivity contribution in [3.63, 3.8) is 0 Å². The molecule has 0 bridgehead atoms. The highest BCUT2D eigenvalue weighted by Crippen LogP contribution is 2.36. The third kappa shape index (κ3) is 2.23. The van der Waals surface area contributed by atoms with Crippen LogP contribution in [-0.2, 0) is 4.79 Å². The Morgan fingerprint density at radius 2 is 2.00 bits per heavy atom. The van der Waals surface area contributed by atoms with E-state index >= 15 is 0 Å². The van der Waals surface area contributed by atoms with Crippen LogP contribution in [0.3, 0.4) is 0 Å². The summed E-state index contributed by atoms with van der Waals surface area (Å²) >= 11 is 3.49. The molecular weight excluding hydrogens is 318 g/mol. The van der Waals surface area contributed by atoms with E-state index in [2.05, 4.69) is 21.2 Å². The number of benzene rings is 2. The van der Waals surface area contributed by atoms with Crippen molar-refractivity contribution < 1.29 is 9.53 Å². The van der Waals surface area contributed by atoms with Crippen molar-refractivity contribution in [2.45, 2.75) is 0 Å². The van der Waals surface area contributed by atoms with Crippen molar-refractivity contribution in [3.05, 3.63) is 58.1 Å². The predicted octanol–water partition coefficient (Wildman–Crippen LogP) is 3.95. The first-order chi connectivity index (χ1) is 9.69. The zero-order chi connectivity index (χ0) is 14.1. The van der Waals surface area contributed by atoms with E-state index < -0.39 is 0 Å². The van der Waals surface area contributed by atoms with E-state index in [1.165, 1.54) is 0 Å². The number of halogens is 1. The number of fused-ring (bicyclic) bond motifs is 1. The third-order valence-electron chi connectivity index (χ3n) is 3.21. The van der Waals surface area contributed by atoms with Crippen LogP contribution in [0.2, 0.25) is 0 Å². The van der Waals surface area contributed by atoms with Gasteiger partial charge in [0.1, 0.15) is 5.75 Å². The van der Waals surface area contributed by atoms with Gasteiger partial charge in [0.25, 0.3) is 5.91 Å². The molecule has 100 valence electrons. The molecule has 0 atom stereocenters. The molecule has 3 nitrogen and oxygen atoms in total. The number of rotatable bonds is 2. The van der Waals surface area contributed by atoms with Crippen LogP contribution in [-0.4, -0.2) is 13.0 Å². The summed E-state index contributed by atoms with van der Waals surface area (Å²) in [5.41, 5.74) is 3.29. The van der Waals surface area contributed by atoms with Gasteiger partial charge in [-0.1, -0.05) is 34.1 Å². The van der Waals surface area contributed by atoms with Crippen LogP contribution in [0.1, 0.15) is 11.1 Å². The molecule has 0 aromatic heterocycles. The van der Waals surface area contributed by atoms with Crippen LogP contribution in [0, 0.1) is 0 Å². The standard InChI is InChI=1S/C16H12BrNO2/c1-20-11-6-7-15-12(9-11)13(16(19)18-15)8-10-4-2-3-5-14(10)17/h2-9H,1H3,(H,18,19)/b13-8+. The largest absolute Gasteiger partial charge is 0.497 e. The zero-order valence-corrected chi connectivity index (χ0v) is 12.4. The van der Waals surface area contributed by atoms with Crippen molar-refractivity contribution in [1.29, 1.82) is 0 Å². The topological polar surface area (TPSA) is 38.3 Å². The Kier molecular flexibility index (Phi) is 3.32. The first kappa shape index (κ1) is 12.9. The molecule has 1 amide bonds. The quantitative estimate of drug-likeness (QED) is 0.847. The van der Waals surface area contributed by atoms with Crippen LogP contribution in [0.25, 0.3) is 11.6 Å². The number of carbonyl (C=O) groups is 1. The van der Waals surface area contributed by atoms with Gasteiger partial charge in [0, 0.05) is 21.3 Å². The average Bonchev–Trinajstić information content (AvgIpc) is 2.77. The van der Waals surface area contributed by atoms with Gasteiger partial charge >= 0.3 is 0 Å². The van der Waals surface area contributed by atoms with E-state index in [0.29, 0.717) is 5.57 Å². The van der Waals surface area contributed by atoms with Crippen molar-refractivity contribution in [2.75, 3.05) is 12.4 Å². The lowest BCUT2D eigenvalue weighted by molar-refractivity contribution is -0.110. The molecule has 20 heavy (non-hydrogen) atoms. The van der Waals surface area contributed by atoms with Gasteiger partial charge in [0.15, 0.2) is 0 Å². The Morgan fingerprint density at radius 1 is 1.20 bits per heavy atom. The summed E-state index contributed by atoms with van der Waals surface area (Å²) in [6, 6.07) is 13.4. The summed E-state index contributed by atoms with van der Waals surface area (Å²) < 4.78 is 6.18. The van der Waals surface area contributed by atoms with Crippen LogP contribution in [0.4, 0.5) is 5.69 Å². The molecule has 2 aromatic carbocycles. The van der Waals surface area contributed by atoms with Gasteiger partial charge < -0.3 is 10.1 Å². The first-order valence-corrected chi connectivity index (χ1v) is 6.94. The van der Waals surface area contributed by atoms with Crippen LogP contribution >= 0.6 is 15.9 Å². The average molecular weight is 330 g/mol. The van der Waals surface area contributed by atoms with Gasteiger partial charge in [0.2, 0.25) is 0 Å². The minimum atomic E-state index is -0.0935. The SMILES string of the molecule is COc1ccc2c(c1)/C(=C\c1ccccc1Br)C(=O)N2. The van der Waals surface area contributed by atoms with Crippen molar-refractivity contribution in [2.24, 2.45) is 0 Å². The number of hydrogen-bond donors (Lipinski definition) is 1. The molecule has 0 spiro atoms. The van der Waals surface area contributed by atoms with E-state index in [0.717, 1.165) is 27.0 Å².